The minimum Gasteiger partial charge on any atom is -0.349 e. The Labute approximate surface area is 175 Å². The first kappa shape index (κ1) is 21.3. The van der Waals surface area contributed by atoms with Gasteiger partial charge in [0.25, 0.3) is 17.7 Å². The van der Waals surface area contributed by atoms with Gasteiger partial charge in [-0.2, -0.15) is 0 Å². The van der Waals surface area contributed by atoms with Gasteiger partial charge in [0.1, 0.15) is 0 Å². The minimum atomic E-state index is -0.634. The SMILES string of the molecule is CC(C)(C)N1C(=O)c2ccc(C(=O)NC3CCN(C(=O)CCCl)CC3)cc2C1=O. The summed E-state index contributed by atoms with van der Waals surface area (Å²) in [5, 5.41) is 2.97. The van der Waals surface area contributed by atoms with Crippen LogP contribution in [0.25, 0.3) is 0 Å². The van der Waals surface area contributed by atoms with Gasteiger partial charge in [0.05, 0.1) is 11.1 Å². The van der Waals surface area contributed by atoms with E-state index in [4.69, 9.17) is 11.6 Å². The van der Waals surface area contributed by atoms with Gasteiger partial charge in [-0.05, 0) is 51.8 Å². The zero-order valence-electron chi connectivity index (χ0n) is 17.0. The highest BCUT2D eigenvalue weighted by molar-refractivity contribution is 6.22. The monoisotopic (exact) mass is 419 g/mol. The number of carbonyl (C=O) groups is 4. The number of benzene rings is 1. The number of amides is 4. The molecule has 2 aliphatic heterocycles. The van der Waals surface area contributed by atoms with Crippen LogP contribution >= 0.6 is 11.6 Å². The van der Waals surface area contributed by atoms with Crippen molar-refractivity contribution in [3.05, 3.63) is 34.9 Å². The van der Waals surface area contributed by atoms with Crippen molar-refractivity contribution in [3.8, 4) is 0 Å². The van der Waals surface area contributed by atoms with Gasteiger partial charge < -0.3 is 10.2 Å². The van der Waals surface area contributed by atoms with E-state index in [2.05, 4.69) is 5.32 Å². The van der Waals surface area contributed by atoms with Crippen LogP contribution in [0, 0.1) is 0 Å². The quantitative estimate of drug-likeness (QED) is 0.599. The average Bonchev–Trinajstić information content (AvgIpc) is 2.92. The third-order valence-electron chi connectivity index (χ3n) is 5.31. The fourth-order valence-electron chi connectivity index (χ4n) is 3.77. The highest BCUT2D eigenvalue weighted by Gasteiger charge is 2.42. The molecule has 0 radical (unpaired) electrons. The van der Waals surface area contributed by atoms with Gasteiger partial charge >= 0.3 is 0 Å². The summed E-state index contributed by atoms with van der Waals surface area (Å²) in [5.74, 6) is -0.652. The maximum absolute atomic E-state index is 12.7. The molecule has 29 heavy (non-hydrogen) atoms. The average molecular weight is 420 g/mol. The van der Waals surface area contributed by atoms with Gasteiger partial charge in [-0.3, -0.25) is 24.1 Å². The zero-order valence-corrected chi connectivity index (χ0v) is 17.7. The summed E-state index contributed by atoms with van der Waals surface area (Å²) in [4.78, 5) is 52.8. The highest BCUT2D eigenvalue weighted by Crippen LogP contribution is 2.30. The molecule has 1 saturated heterocycles. The van der Waals surface area contributed by atoms with Crippen LogP contribution in [0.4, 0.5) is 0 Å². The van der Waals surface area contributed by atoms with Crippen LogP contribution in [0.3, 0.4) is 0 Å². The van der Waals surface area contributed by atoms with Crippen LogP contribution in [0.15, 0.2) is 18.2 Å². The van der Waals surface area contributed by atoms with E-state index in [1.165, 1.54) is 11.0 Å². The number of nitrogens with one attached hydrogen (secondary N) is 1. The molecule has 0 aliphatic carbocycles. The molecule has 0 bridgehead atoms. The summed E-state index contributed by atoms with van der Waals surface area (Å²) in [5.41, 5.74) is 0.303. The Morgan fingerprint density at radius 2 is 1.72 bits per heavy atom. The third-order valence-corrected chi connectivity index (χ3v) is 5.50. The van der Waals surface area contributed by atoms with Crippen LogP contribution in [0.1, 0.15) is 71.1 Å². The van der Waals surface area contributed by atoms with Gasteiger partial charge in [0.2, 0.25) is 5.91 Å². The number of hydrogen-bond donors (Lipinski definition) is 1. The second-order valence-electron chi connectivity index (χ2n) is 8.44. The molecule has 0 spiro atoms. The summed E-state index contributed by atoms with van der Waals surface area (Å²) in [7, 11) is 0. The number of carbonyl (C=O) groups excluding carboxylic acids is 4. The molecule has 2 heterocycles. The van der Waals surface area contributed by atoms with Crippen LogP contribution in [0.2, 0.25) is 0 Å². The molecule has 8 heteroatoms. The molecule has 156 valence electrons. The Morgan fingerprint density at radius 3 is 2.31 bits per heavy atom. The lowest BCUT2D eigenvalue weighted by molar-refractivity contribution is -0.131. The first-order chi connectivity index (χ1) is 13.6. The van der Waals surface area contributed by atoms with Gasteiger partial charge in [0.15, 0.2) is 0 Å². The number of hydrogen-bond acceptors (Lipinski definition) is 4. The lowest BCUT2D eigenvalue weighted by Gasteiger charge is -2.32. The number of piperidine rings is 1. The number of nitrogens with zero attached hydrogens (tertiary/aromatic N) is 2. The van der Waals surface area contributed by atoms with Crippen molar-refractivity contribution in [3.63, 3.8) is 0 Å². The number of likely N-dealkylation sites (tertiary alicyclic amines) is 1. The van der Waals surface area contributed by atoms with E-state index in [1.54, 1.807) is 37.8 Å². The Bertz CT molecular complexity index is 854. The van der Waals surface area contributed by atoms with Gasteiger partial charge in [-0.15, -0.1) is 11.6 Å². The van der Waals surface area contributed by atoms with E-state index in [-0.39, 0.29) is 35.2 Å². The molecule has 2 aliphatic rings. The molecule has 0 atom stereocenters. The number of alkyl halides is 1. The summed E-state index contributed by atoms with van der Waals surface area (Å²) in [6.45, 7) is 6.56. The molecule has 3 rings (SSSR count). The Kier molecular flexibility index (Phi) is 5.98. The van der Waals surface area contributed by atoms with Crippen molar-refractivity contribution in [2.45, 2.75) is 51.6 Å². The van der Waals surface area contributed by atoms with E-state index in [0.29, 0.717) is 49.4 Å². The van der Waals surface area contributed by atoms with Crippen molar-refractivity contribution in [1.29, 1.82) is 0 Å². The lowest BCUT2D eigenvalue weighted by Crippen LogP contribution is -2.46. The Morgan fingerprint density at radius 1 is 1.10 bits per heavy atom. The standard InChI is InChI=1S/C21H26ClN3O4/c1-21(2,3)25-19(28)15-5-4-13(12-16(15)20(25)29)18(27)23-14-7-10-24(11-8-14)17(26)6-9-22/h4-5,12,14H,6-11H2,1-3H3,(H,23,27). The fraction of sp³-hybridized carbons (Fsp3) is 0.524. The maximum Gasteiger partial charge on any atom is 0.262 e. The van der Waals surface area contributed by atoms with Gasteiger partial charge in [-0.25, -0.2) is 0 Å². The van der Waals surface area contributed by atoms with Crippen molar-refractivity contribution in [2.24, 2.45) is 0 Å². The maximum atomic E-state index is 12.7. The number of imide groups is 1. The molecule has 4 amide bonds. The van der Waals surface area contributed by atoms with Crippen LogP contribution in [0.5, 0.6) is 0 Å². The van der Waals surface area contributed by atoms with Crippen molar-refractivity contribution in [2.75, 3.05) is 19.0 Å². The third kappa shape index (κ3) is 4.29. The van der Waals surface area contributed by atoms with E-state index < -0.39 is 5.54 Å². The van der Waals surface area contributed by atoms with Crippen molar-refractivity contribution in [1.82, 2.24) is 15.1 Å². The summed E-state index contributed by atoms with van der Waals surface area (Å²) < 4.78 is 0. The fourth-order valence-corrected chi connectivity index (χ4v) is 3.93. The van der Waals surface area contributed by atoms with Gasteiger partial charge in [0, 0.05) is 42.5 Å². The first-order valence-corrected chi connectivity index (χ1v) is 10.3. The topological polar surface area (TPSA) is 86.8 Å². The zero-order chi connectivity index (χ0) is 21.3. The molecule has 1 fully saturated rings. The second kappa shape index (κ2) is 8.14. The van der Waals surface area contributed by atoms with E-state index in [9.17, 15) is 19.2 Å². The smallest absolute Gasteiger partial charge is 0.262 e. The van der Waals surface area contributed by atoms with E-state index in [0.717, 1.165) is 0 Å². The normalized spacial score (nSPS) is 17.5. The summed E-state index contributed by atoms with van der Waals surface area (Å²) >= 11 is 5.62. The van der Waals surface area contributed by atoms with E-state index >= 15 is 0 Å². The Balaban J connectivity index is 1.66. The van der Waals surface area contributed by atoms with E-state index in [1.807, 2.05) is 0 Å². The molecule has 0 unspecified atom stereocenters. The molecule has 0 saturated carbocycles. The van der Waals surface area contributed by atoms with Crippen LogP contribution < -0.4 is 5.32 Å². The summed E-state index contributed by atoms with van der Waals surface area (Å²) in [6, 6.07) is 4.57. The molecule has 1 N–H and O–H groups in total. The van der Waals surface area contributed by atoms with Crippen LogP contribution in [-0.2, 0) is 4.79 Å². The van der Waals surface area contributed by atoms with Crippen molar-refractivity contribution < 1.29 is 19.2 Å². The molecule has 1 aromatic carbocycles. The van der Waals surface area contributed by atoms with Crippen molar-refractivity contribution >= 4 is 35.2 Å². The second-order valence-corrected chi connectivity index (χ2v) is 8.82. The molecule has 7 nitrogen and oxygen atoms in total. The predicted octanol–water partition coefficient (Wildman–Crippen LogP) is 2.43. The predicted molar refractivity (Wildman–Crippen MR) is 109 cm³/mol. The molecule has 0 aromatic heterocycles. The number of halogens is 1. The molecule has 1 aromatic rings. The molecular weight excluding hydrogens is 394 g/mol. The number of rotatable bonds is 4. The minimum absolute atomic E-state index is 0.0370. The lowest BCUT2D eigenvalue weighted by atomic mass is 10.0. The molecular formula is C21H26ClN3O4. The summed E-state index contributed by atoms with van der Waals surface area (Å²) in [6.07, 6.45) is 1.66. The number of fused-ring (bicyclic) bond motifs is 1. The van der Waals surface area contributed by atoms with Gasteiger partial charge in [-0.1, -0.05) is 0 Å². The Hall–Kier alpha value is -2.41. The first-order valence-electron chi connectivity index (χ1n) is 9.81. The van der Waals surface area contributed by atoms with Crippen LogP contribution in [-0.4, -0.2) is 64.0 Å². The highest BCUT2D eigenvalue weighted by atomic mass is 35.5. The largest absolute Gasteiger partial charge is 0.349 e.